The van der Waals surface area contributed by atoms with Gasteiger partial charge in [-0.15, -0.1) is 24.8 Å². The van der Waals surface area contributed by atoms with Gasteiger partial charge in [-0.25, -0.2) is 0 Å². The van der Waals surface area contributed by atoms with Gasteiger partial charge in [0.25, 0.3) is 5.91 Å². The van der Waals surface area contributed by atoms with E-state index in [9.17, 15) is 4.79 Å². The summed E-state index contributed by atoms with van der Waals surface area (Å²) >= 11 is 6.11. The predicted octanol–water partition coefficient (Wildman–Crippen LogP) is 2.65. The molecule has 1 aromatic rings. The number of benzene rings is 1. The summed E-state index contributed by atoms with van der Waals surface area (Å²) in [6.07, 6.45) is 1.41. The first-order valence-electron chi connectivity index (χ1n) is 8.24. The number of piperazine rings is 1. The zero-order valence-corrected chi connectivity index (χ0v) is 16.7. The van der Waals surface area contributed by atoms with Crippen molar-refractivity contribution in [3.05, 3.63) is 28.8 Å². The quantitative estimate of drug-likeness (QED) is 0.832. The Hall–Kier alpha value is -0.720. The Labute approximate surface area is 166 Å². The first-order chi connectivity index (χ1) is 11.1. The van der Waals surface area contributed by atoms with E-state index in [4.69, 9.17) is 22.1 Å². The molecule has 0 aromatic heterocycles. The number of halogens is 3. The van der Waals surface area contributed by atoms with Crippen LogP contribution in [0.25, 0.3) is 0 Å². The lowest BCUT2D eigenvalue weighted by molar-refractivity contribution is -0.143. The molecule has 2 N–H and O–H groups in total. The maximum atomic E-state index is 12.5. The maximum absolute atomic E-state index is 12.5. The highest BCUT2D eigenvalue weighted by atomic mass is 35.5. The van der Waals surface area contributed by atoms with Gasteiger partial charge in [0.2, 0.25) is 0 Å². The molecule has 3 rings (SSSR count). The third-order valence-electron chi connectivity index (χ3n) is 4.75. The van der Waals surface area contributed by atoms with E-state index < -0.39 is 0 Å². The van der Waals surface area contributed by atoms with Crippen LogP contribution in [0, 0.1) is 6.92 Å². The van der Waals surface area contributed by atoms with E-state index in [-0.39, 0.29) is 42.9 Å². The Balaban J connectivity index is 0.00000156. The molecule has 1 aromatic carbocycles. The van der Waals surface area contributed by atoms with Gasteiger partial charge in [-0.2, -0.15) is 0 Å². The van der Waals surface area contributed by atoms with Crippen LogP contribution in [0.3, 0.4) is 0 Å². The lowest BCUT2D eigenvalue weighted by Gasteiger charge is -2.37. The van der Waals surface area contributed by atoms with Crippen LogP contribution < -0.4 is 10.6 Å². The molecule has 2 heterocycles. The summed E-state index contributed by atoms with van der Waals surface area (Å²) in [6, 6.07) is 5.94. The van der Waals surface area contributed by atoms with Gasteiger partial charge in [-0.3, -0.25) is 4.79 Å². The number of amides is 1. The fourth-order valence-corrected chi connectivity index (χ4v) is 3.52. The second-order valence-corrected chi connectivity index (χ2v) is 6.74. The zero-order chi connectivity index (χ0) is 16.4. The summed E-state index contributed by atoms with van der Waals surface area (Å²) in [5.74, 6) is 0.114. The van der Waals surface area contributed by atoms with Crippen LogP contribution in [0.15, 0.2) is 18.2 Å². The van der Waals surface area contributed by atoms with Gasteiger partial charge in [0.05, 0.1) is 6.10 Å². The number of nitrogens with zero attached hydrogens (tertiary/aromatic N) is 2. The summed E-state index contributed by atoms with van der Waals surface area (Å²) in [4.78, 5) is 16.8. The fourth-order valence-electron chi connectivity index (χ4n) is 3.36. The van der Waals surface area contributed by atoms with Gasteiger partial charge < -0.3 is 20.3 Å². The first kappa shape index (κ1) is 22.3. The highest BCUT2D eigenvalue weighted by Crippen LogP contribution is 2.26. The van der Waals surface area contributed by atoms with Crippen LogP contribution in [-0.2, 0) is 9.53 Å². The van der Waals surface area contributed by atoms with Crippen molar-refractivity contribution in [3.8, 4) is 0 Å². The number of anilines is 1. The summed E-state index contributed by atoms with van der Waals surface area (Å²) < 4.78 is 5.72. The van der Waals surface area contributed by atoms with Gasteiger partial charge in [-0.05, 0) is 37.5 Å². The number of aryl methyl sites for hydroxylation is 1. The molecule has 2 atom stereocenters. The molecule has 25 heavy (non-hydrogen) atoms. The molecule has 8 heteroatoms. The molecule has 2 fully saturated rings. The Bertz CT molecular complexity index is 580. The molecule has 0 spiro atoms. The highest BCUT2D eigenvalue weighted by molar-refractivity contribution is 6.30. The van der Waals surface area contributed by atoms with Gasteiger partial charge in [-0.1, -0.05) is 17.7 Å². The zero-order valence-electron chi connectivity index (χ0n) is 14.3. The number of carbonyl (C=O) groups excluding carboxylic acids is 1. The van der Waals surface area contributed by atoms with Crippen molar-refractivity contribution in [3.63, 3.8) is 0 Å². The van der Waals surface area contributed by atoms with Crippen LogP contribution in [-0.4, -0.2) is 55.7 Å². The van der Waals surface area contributed by atoms with Gasteiger partial charge >= 0.3 is 0 Å². The van der Waals surface area contributed by atoms with E-state index >= 15 is 0 Å². The van der Waals surface area contributed by atoms with E-state index in [0.717, 1.165) is 49.7 Å². The highest BCUT2D eigenvalue weighted by Gasteiger charge is 2.34. The van der Waals surface area contributed by atoms with Crippen LogP contribution in [0.4, 0.5) is 5.69 Å². The minimum Gasteiger partial charge on any atom is -0.368 e. The average Bonchev–Trinajstić information content (AvgIpc) is 3.06. The molecule has 0 radical (unpaired) electrons. The van der Waals surface area contributed by atoms with Crippen molar-refractivity contribution < 1.29 is 9.53 Å². The number of hydrogen-bond donors (Lipinski definition) is 1. The average molecular weight is 411 g/mol. The number of hydrogen-bond acceptors (Lipinski definition) is 4. The van der Waals surface area contributed by atoms with Crippen LogP contribution in [0.2, 0.25) is 5.02 Å². The van der Waals surface area contributed by atoms with E-state index in [1.165, 1.54) is 5.56 Å². The molecule has 0 saturated carbocycles. The molecule has 0 unspecified atom stereocenters. The minimum absolute atomic E-state index is 0. The maximum Gasteiger partial charge on any atom is 0.251 e. The topological polar surface area (TPSA) is 58.8 Å². The van der Waals surface area contributed by atoms with Crippen molar-refractivity contribution in [1.29, 1.82) is 0 Å². The molecular weight excluding hydrogens is 385 g/mol. The molecule has 142 valence electrons. The molecule has 0 aliphatic carbocycles. The third kappa shape index (κ3) is 5.14. The van der Waals surface area contributed by atoms with Crippen LogP contribution >= 0.6 is 36.4 Å². The van der Waals surface area contributed by atoms with Crippen molar-refractivity contribution in [1.82, 2.24) is 4.90 Å². The Morgan fingerprint density at radius 2 is 1.92 bits per heavy atom. The monoisotopic (exact) mass is 409 g/mol. The largest absolute Gasteiger partial charge is 0.368 e. The molecular formula is C17H26Cl3N3O2. The summed E-state index contributed by atoms with van der Waals surface area (Å²) in [7, 11) is 0. The van der Waals surface area contributed by atoms with Gasteiger partial charge in [0, 0.05) is 43.4 Å². The molecule has 0 bridgehead atoms. The normalized spacial score (nSPS) is 23.0. The lowest BCUT2D eigenvalue weighted by atomic mass is 10.1. The third-order valence-corrected chi connectivity index (χ3v) is 4.98. The summed E-state index contributed by atoms with van der Waals surface area (Å²) in [6.45, 7) is 5.66. The van der Waals surface area contributed by atoms with Crippen LogP contribution in [0.5, 0.6) is 0 Å². The molecule has 2 aliphatic rings. The van der Waals surface area contributed by atoms with E-state index in [1.807, 2.05) is 23.1 Å². The predicted molar refractivity (Wildman–Crippen MR) is 106 cm³/mol. The lowest BCUT2D eigenvalue weighted by Crippen LogP contribution is -2.51. The van der Waals surface area contributed by atoms with Crippen LogP contribution in [0.1, 0.15) is 18.4 Å². The fraction of sp³-hybridized carbons (Fsp3) is 0.588. The van der Waals surface area contributed by atoms with Gasteiger partial charge in [0.15, 0.2) is 0 Å². The Kier molecular flexibility index (Phi) is 8.78. The van der Waals surface area contributed by atoms with E-state index in [2.05, 4.69) is 11.8 Å². The second-order valence-electron chi connectivity index (χ2n) is 6.30. The van der Waals surface area contributed by atoms with E-state index in [1.54, 1.807) is 0 Å². The SMILES string of the molecule is Cc1ccc(Cl)cc1N1CCN(C(=O)[C@@H]2CC[C@H](CN)O2)CC1.Cl.Cl. The number of nitrogens with two attached hydrogens (primary N) is 1. The molecule has 5 nitrogen and oxygen atoms in total. The number of ether oxygens (including phenoxy) is 1. The first-order valence-corrected chi connectivity index (χ1v) is 8.61. The summed E-state index contributed by atoms with van der Waals surface area (Å²) in [5.41, 5.74) is 7.98. The van der Waals surface area contributed by atoms with Gasteiger partial charge in [0.1, 0.15) is 6.10 Å². The standard InChI is InChI=1S/C17H24ClN3O2.2ClH/c1-12-2-3-13(18)10-15(12)20-6-8-21(9-7-20)17(22)16-5-4-14(11-19)23-16;;/h2-3,10,14,16H,4-9,11,19H2,1H3;2*1H/t14-,16+;;/m1../s1. The minimum atomic E-state index is -0.303. The molecule has 1 amide bonds. The van der Waals surface area contributed by atoms with Crippen molar-refractivity contribution in [2.45, 2.75) is 32.0 Å². The molecule has 2 aliphatic heterocycles. The van der Waals surface area contributed by atoms with E-state index in [0.29, 0.717) is 6.54 Å². The second kappa shape index (κ2) is 9.83. The summed E-state index contributed by atoms with van der Waals surface area (Å²) in [5, 5.41) is 0.747. The van der Waals surface area contributed by atoms with Crippen molar-refractivity contribution in [2.24, 2.45) is 5.73 Å². The number of carbonyl (C=O) groups is 1. The number of rotatable bonds is 3. The van der Waals surface area contributed by atoms with Crippen molar-refractivity contribution in [2.75, 3.05) is 37.6 Å². The van der Waals surface area contributed by atoms with Crippen molar-refractivity contribution >= 4 is 48.0 Å². The Morgan fingerprint density at radius 3 is 2.52 bits per heavy atom. The molecule has 2 saturated heterocycles. The Morgan fingerprint density at radius 1 is 1.24 bits per heavy atom. The smallest absolute Gasteiger partial charge is 0.251 e.